The number of ether oxygens (including phenoxy) is 8. The molecule has 4 saturated heterocycles. The van der Waals surface area contributed by atoms with Crippen molar-refractivity contribution in [3.8, 4) is 0 Å². The molecule has 4 heterocycles. The Morgan fingerprint density at radius 1 is 0.881 bits per heavy atom. The molecule has 10 atom stereocenters. The predicted octanol–water partition coefficient (Wildman–Crippen LogP) is 0.584. The van der Waals surface area contributed by atoms with E-state index in [9.17, 15) is 22.8 Å². The molecule has 1 amide bonds. The van der Waals surface area contributed by atoms with Crippen LogP contribution in [0.3, 0.4) is 0 Å². The van der Waals surface area contributed by atoms with Crippen LogP contribution < -0.4 is 11.1 Å². The summed E-state index contributed by atoms with van der Waals surface area (Å²) in [6.07, 6.45) is -9.60. The molecule has 4 rings (SSSR count). The van der Waals surface area contributed by atoms with Crippen molar-refractivity contribution in [3.63, 3.8) is 0 Å². The van der Waals surface area contributed by atoms with Crippen molar-refractivity contribution in [1.29, 1.82) is 0 Å². The van der Waals surface area contributed by atoms with Crippen LogP contribution in [0.15, 0.2) is 0 Å². The van der Waals surface area contributed by atoms with Crippen LogP contribution >= 0.6 is 0 Å². The number of nitrogens with one attached hydrogen (secondary N) is 1. The Balaban J connectivity index is 0.000000616. The van der Waals surface area contributed by atoms with Crippen molar-refractivity contribution < 1.29 is 70.6 Å². The second-order valence-corrected chi connectivity index (χ2v) is 11.3. The SMILES string of the molecule is CO[C@@H]1[C@H]2OC(C)(C)O[C@H]2O[C@@H]1C(N)CC(=O)NC(CC(C)=O)[C@H]1O[C@@H]2OC(C)(C)O[C@@H]2[C@H]1OC.O=C(O)C(F)(F)F. The minimum absolute atomic E-state index is 0.0515. The summed E-state index contributed by atoms with van der Waals surface area (Å²) in [6, 6.07) is -1.36. The first-order valence-corrected chi connectivity index (χ1v) is 13.2. The van der Waals surface area contributed by atoms with Crippen LogP contribution in [0.5, 0.6) is 0 Å². The third-order valence-corrected chi connectivity index (χ3v) is 6.93. The van der Waals surface area contributed by atoms with Gasteiger partial charge < -0.3 is 54.1 Å². The average Bonchev–Trinajstić information content (AvgIpc) is 3.51. The van der Waals surface area contributed by atoms with E-state index in [4.69, 9.17) is 53.5 Å². The van der Waals surface area contributed by atoms with Crippen LogP contribution in [0.1, 0.15) is 47.5 Å². The lowest BCUT2D eigenvalue weighted by Crippen LogP contribution is -2.53. The van der Waals surface area contributed by atoms with Crippen molar-refractivity contribution in [1.82, 2.24) is 5.32 Å². The van der Waals surface area contributed by atoms with Gasteiger partial charge in [-0.1, -0.05) is 0 Å². The first-order chi connectivity index (χ1) is 19.3. The molecule has 0 aromatic heterocycles. The zero-order chi connectivity index (χ0) is 31.8. The Hall–Kier alpha value is -1.96. The first-order valence-electron chi connectivity index (χ1n) is 13.2. The lowest BCUT2D eigenvalue weighted by Gasteiger charge is -2.31. The van der Waals surface area contributed by atoms with E-state index in [1.54, 1.807) is 34.8 Å². The summed E-state index contributed by atoms with van der Waals surface area (Å²) >= 11 is 0. The number of Topliss-reactive ketones (excluding diaryl/α,β-unsaturated/α-hetero) is 1. The number of hydrogen-bond acceptors (Lipinski definition) is 12. The molecular weight excluding hydrogens is 577 g/mol. The molecule has 0 radical (unpaired) electrons. The zero-order valence-corrected chi connectivity index (χ0v) is 24.3. The molecule has 0 aliphatic carbocycles. The summed E-state index contributed by atoms with van der Waals surface area (Å²) in [4.78, 5) is 33.9. The molecule has 4 fully saturated rings. The number of fused-ring (bicyclic) bond motifs is 2. The number of carbonyl (C=O) groups excluding carboxylic acids is 2. The zero-order valence-electron chi connectivity index (χ0n) is 24.3. The van der Waals surface area contributed by atoms with Gasteiger partial charge >= 0.3 is 12.1 Å². The summed E-state index contributed by atoms with van der Waals surface area (Å²) in [6.45, 7) is 8.62. The van der Waals surface area contributed by atoms with Gasteiger partial charge in [0.15, 0.2) is 24.2 Å². The highest BCUT2D eigenvalue weighted by molar-refractivity contribution is 5.80. The minimum atomic E-state index is -5.08. The van der Waals surface area contributed by atoms with E-state index in [-0.39, 0.29) is 24.5 Å². The molecule has 42 heavy (non-hydrogen) atoms. The molecule has 0 spiro atoms. The van der Waals surface area contributed by atoms with Crippen molar-refractivity contribution in [2.45, 2.75) is 126 Å². The van der Waals surface area contributed by atoms with Gasteiger partial charge in [-0.25, -0.2) is 4.79 Å². The fourth-order valence-electron chi connectivity index (χ4n) is 5.37. The van der Waals surface area contributed by atoms with E-state index in [0.717, 1.165) is 0 Å². The second kappa shape index (κ2) is 13.0. The van der Waals surface area contributed by atoms with Gasteiger partial charge in [0.1, 0.15) is 42.4 Å². The van der Waals surface area contributed by atoms with Gasteiger partial charge in [0.2, 0.25) is 5.91 Å². The van der Waals surface area contributed by atoms with Gasteiger partial charge in [-0.2, -0.15) is 13.2 Å². The molecule has 0 bridgehead atoms. The maximum atomic E-state index is 13.0. The Kier molecular flexibility index (Phi) is 10.6. The molecule has 2 unspecified atom stereocenters. The van der Waals surface area contributed by atoms with Crippen LogP contribution in [0.2, 0.25) is 0 Å². The van der Waals surface area contributed by atoms with E-state index < -0.39 is 85.0 Å². The Morgan fingerprint density at radius 2 is 1.31 bits per heavy atom. The Labute approximate surface area is 240 Å². The van der Waals surface area contributed by atoms with Gasteiger partial charge in [-0.05, 0) is 34.6 Å². The van der Waals surface area contributed by atoms with E-state index in [1.807, 2.05) is 0 Å². The number of rotatable bonds is 9. The predicted molar refractivity (Wildman–Crippen MR) is 133 cm³/mol. The number of hydrogen-bond donors (Lipinski definition) is 3. The largest absolute Gasteiger partial charge is 0.490 e. The Morgan fingerprint density at radius 3 is 1.71 bits per heavy atom. The third kappa shape index (κ3) is 8.15. The molecule has 0 aromatic rings. The number of halogens is 3. The maximum absolute atomic E-state index is 13.0. The molecule has 14 nitrogen and oxygen atoms in total. The van der Waals surface area contributed by atoms with Crippen LogP contribution in [0, 0.1) is 0 Å². The van der Waals surface area contributed by atoms with Gasteiger partial charge in [-0.15, -0.1) is 0 Å². The summed E-state index contributed by atoms with van der Waals surface area (Å²) in [7, 11) is 3.07. The number of alkyl halides is 3. The number of ketones is 1. The first kappa shape index (κ1) is 34.5. The van der Waals surface area contributed by atoms with Crippen LogP contribution in [0.4, 0.5) is 13.2 Å². The van der Waals surface area contributed by atoms with Gasteiger partial charge in [0.05, 0.1) is 6.04 Å². The molecule has 17 heteroatoms. The van der Waals surface area contributed by atoms with Gasteiger partial charge in [-0.3, -0.25) is 9.59 Å². The fraction of sp³-hybridized carbons (Fsp3) is 0.880. The molecule has 0 aromatic carbocycles. The molecule has 4 N–H and O–H groups in total. The lowest BCUT2D eigenvalue weighted by atomic mass is 9.97. The molecule has 0 saturated carbocycles. The van der Waals surface area contributed by atoms with Crippen molar-refractivity contribution in [3.05, 3.63) is 0 Å². The summed E-state index contributed by atoms with van der Waals surface area (Å²) in [5.41, 5.74) is 6.37. The third-order valence-electron chi connectivity index (χ3n) is 6.93. The topological polar surface area (TPSA) is 183 Å². The standard InChI is InChI=1S/C23H38N2O10.C2HF3O2/c1-10(26)8-12(15-17(29-7)19-21(31-15)35-23(4,5)33-19)25-13(27)9-11(24)14-16(28-6)18-20(30-14)34-22(2,3)32-18;3-2(4,5)1(6)7/h11-12,14-21H,8-9,24H2,1-7H3,(H,25,27);(H,6,7)/t11?,12?,14-,15-,16+,17+,18-,19-,20-,21-;/m1./s1. The average molecular weight is 617 g/mol. The quantitative estimate of drug-likeness (QED) is 0.327. The summed E-state index contributed by atoms with van der Waals surface area (Å²) in [5, 5.41) is 10.0. The number of carbonyl (C=O) groups is 3. The van der Waals surface area contributed by atoms with E-state index in [0.29, 0.717) is 0 Å². The lowest BCUT2D eigenvalue weighted by molar-refractivity contribution is -0.220. The molecule has 4 aliphatic heterocycles. The highest BCUT2D eigenvalue weighted by atomic mass is 19.4. The van der Waals surface area contributed by atoms with Crippen LogP contribution in [0.25, 0.3) is 0 Å². The maximum Gasteiger partial charge on any atom is 0.490 e. The van der Waals surface area contributed by atoms with Crippen molar-refractivity contribution >= 4 is 17.7 Å². The number of carboxylic acid groups (broad SMARTS) is 1. The van der Waals surface area contributed by atoms with Crippen molar-refractivity contribution in [2.75, 3.05) is 14.2 Å². The monoisotopic (exact) mass is 616 g/mol. The van der Waals surface area contributed by atoms with E-state index in [2.05, 4.69) is 5.32 Å². The highest BCUT2D eigenvalue weighted by Crippen LogP contribution is 2.41. The number of carboxylic acids is 1. The molecule has 242 valence electrons. The number of amides is 1. The van der Waals surface area contributed by atoms with E-state index in [1.165, 1.54) is 14.0 Å². The fourth-order valence-corrected chi connectivity index (χ4v) is 5.37. The van der Waals surface area contributed by atoms with E-state index >= 15 is 0 Å². The number of methoxy groups -OCH3 is 2. The van der Waals surface area contributed by atoms with Crippen LogP contribution in [-0.4, -0.2) is 116 Å². The normalized spacial score (nSPS) is 35.9. The smallest absolute Gasteiger partial charge is 0.475 e. The minimum Gasteiger partial charge on any atom is -0.475 e. The molecular formula is C25H39F3N2O12. The highest BCUT2D eigenvalue weighted by Gasteiger charge is 2.58. The van der Waals surface area contributed by atoms with Gasteiger partial charge in [0, 0.05) is 33.1 Å². The van der Waals surface area contributed by atoms with Gasteiger partial charge in [0.25, 0.3) is 0 Å². The second-order valence-electron chi connectivity index (χ2n) is 11.3. The van der Waals surface area contributed by atoms with Crippen LogP contribution in [-0.2, 0) is 52.3 Å². The van der Waals surface area contributed by atoms with Crippen molar-refractivity contribution in [2.24, 2.45) is 5.73 Å². The Bertz CT molecular complexity index is 996. The number of nitrogens with two attached hydrogens (primary N) is 1. The summed E-state index contributed by atoms with van der Waals surface area (Å²) in [5.74, 6) is -4.84. The summed E-state index contributed by atoms with van der Waals surface area (Å²) < 4.78 is 78.4. The number of aliphatic carboxylic acids is 1. The molecule has 4 aliphatic rings.